The number of hydrogen-bond donors (Lipinski definition) is 1. The maximum absolute atomic E-state index is 3.73. The van der Waals surface area contributed by atoms with Gasteiger partial charge in [0.25, 0.3) is 0 Å². The van der Waals surface area contributed by atoms with Gasteiger partial charge in [0.15, 0.2) is 0 Å². The lowest BCUT2D eigenvalue weighted by atomic mass is 9.80. The summed E-state index contributed by atoms with van der Waals surface area (Å²) in [5.74, 6) is 0.893. The molecular formula is C13H19N3. The van der Waals surface area contributed by atoms with Gasteiger partial charge in [0.1, 0.15) is 0 Å². The van der Waals surface area contributed by atoms with E-state index < -0.39 is 0 Å². The number of rotatable bonds is 0. The van der Waals surface area contributed by atoms with Crippen LogP contribution in [0.2, 0.25) is 0 Å². The van der Waals surface area contributed by atoms with Crippen LogP contribution in [0.25, 0.3) is 0 Å². The molecule has 0 radical (unpaired) electrons. The van der Waals surface area contributed by atoms with Crippen LogP contribution in [0.4, 0.5) is 0 Å². The van der Waals surface area contributed by atoms with Gasteiger partial charge < -0.3 is 0 Å². The molecule has 1 aromatic rings. The van der Waals surface area contributed by atoms with Gasteiger partial charge in [0, 0.05) is 17.9 Å². The van der Waals surface area contributed by atoms with Crippen molar-refractivity contribution in [2.45, 2.75) is 50.6 Å². The molecule has 1 saturated heterocycles. The number of fused-ring (bicyclic) bond motifs is 5. The molecule has 3 atom stereocenters. The molecule has 2 aliphatic heterocycles. The van der Waals surface area contributed by atoms with E-state index in [1.165, 1.54) is 44.2 Å². The maximum Gasteiger partial charge on any atom is 0.0674 e. The van der Waals surface area contributed by atoms with E-state index >= 15 is 0 Å². The molecule has 2 fully saturated rings. The van der Waals surface area contributed by atoms with Gasteiger partial charge in [-0.3, -0.25) is 4.68 Å². The van der Waals surface area contributed by atoms with E-state index in [4.69, 9.17) is 0 Å². The molecule has 3 heterocycles. The van der Waals surface area contributed by atoms with E-state index in [0.717, 1.165) is 18.0 Å². The van der Waals surface area contributed by atoms with Gasteiger partial charge >= 0.3 is 0 Å². The molecule has 0 spiro atoms. The Bertz CT molecular complexity index is 398. The Labute approximate surface area is 96.4 Å². The van der Waals surface area contributed by atoms with Gasteiger partial charge in [0.2, 0.25) is 0 Å². The molecule has 86 valence electrons. The first-order valence-corrected chi connectivity index (χ1v) is 6.65. The van der Waals surface area contributed by atoms with Crippen molar-refractivity contribution in [3.8, 4) is 0 Å². The van der Waals surface area contributed by atoms with Gasteiger partial charge in [-0.25, -0.2) is 10.5 Å². The van der Waals surface area contributed by atoms with E-state index in [9.17, 15) is 0 Å². The Balaban J connectivity index is 1.70. The zero-order chi connectivity index (χ0) is 10.5. The lowest BCUT2D eigenvalue weighted by Gasteiger charge is -2.35. The molecule has 0 aromatic carbocycles. The predicted molar refractivity (Wildman–Crippen MR) is 63.6 cm³/mol. The molecular weight excluding hydrogens is 198 g/mol. The van der Waals surface area contributed by atoms with Crippen LogP contribution < -0.4 is 10.5 Å². The summed E-state index contributed by atoms with van der Waals surface area (Å²) in [6, 6.07) is 5.90. The number of nitrogens with zero attached hydrogens (tertiary/aromatic N) is 2. The first-order chi connectivity index (χ1) is 7.93. The van der Waals surface area contributed by atoms with Crippen molar-refractivity contribution < 1.29 is 0 Å². The average molecular weight is 217 g/mol. The Morgan fingerprint density at radius 2 is 2.12 bits per heavy atom. The second-order valence-electron chi connectivity index (χ2n) is 5.48. The normalized spacial score (nSPS) is 36.8. The van der Waals surface area contributed by atoms with Crippen molar-refractivity contribution in [2.75, 3.05) is 5.12 Å². The Kier molecular flexibility index (Phi) is 1.86. The van der Waals surface area contributed by atoms with E-state index in [2.05, 4.69) is 33.5 Å². The Hall–Kier alpha value is -0.960. The van der Waals surface area contributed by atoms with Gasteiger partial charge in [-0.15, -0.1) is 0 Å². The summed E-state index contributed by atoms with van der Waals surface area (Å²) in [6.45, 7) is 0. The molecule has 1 saturated carbocycles. The van der Waals surface area contributed by atoms with Crippen molar-refractivity contribution in [1.82, 2.24) is 10.1 Å². The van der Waals surface area contributed by atoms with Crippen molar-refractivity contribution >= 4 is 0 Å². The van der Waals surface area contributed by atoms with Gasteiger partial charge in [-0.2, -0.15) is 0 Å². The molecule has 1 aliphatic carbocycles. The standard InChI is InChI=1S/C13H19N3/c1-2-6-12-11(5-1)13-8-7-10-4-3-9-15(10)16(13)14-12/h3-4,9,11-14H,1-2,5-8H2. The van der Waals surface area contributed by atoms with Crippen LogP contribution >= 0.6 is 0 Å². The molecule has 3 nitrogen and oxygen atoms in total. The third kappa shape index (κ3) is 1.12. The first-order valence-electron chi connectivity index (χ1n) is 6.65. The highest BCUT2D eigenvalue weighted by atomic mass is 15.8. The van der Waals surface area contributed by atoms with E-state index in [0.29, 0.717) is 0 Å². The second-order valence-corrected chi connectivity index (χ2v) is 5.48. The quantitative estimate of drug-likeness (QED) is 0.715. The lowest BCUT2D eigenvalue weighted by molar-refractivity contribution is 0.293. The lowest BCUT2D eigenvalue weighted by Crippen LogP contribution is -2.50. The third-order valence-corrected chi connectivity index (χ3v) is 4.66. The molecule has 0 bridgehead atoms. The molecule has 3 heteroatoms. The molecule has 16 heavy (non-hydrogen) atoms. The molecule has 3 unspecified atom stereocenters. The molecule has 3 aliphatic rings. The number of aryl methyl sites for hydroxylation is 1. The first kappa shape index (κ1) is 9.11. The summed E-state index contributed by atoms with van der Waals surface area (Å²) in [7, 11) is 0. The summed E-state index contributed by atoms with van der Waals surface area (Å²) >= 11 is 0. The summed E-state index contributed by atoms with van der Waals surface area (Å²) in [5.41, 5.74) is 5.19. The smallest absolute Gasteiger partial charge is 0.0674 e. The van der Waals surface area contributed by atoms with Crippen LogP contribution in [0.1, 0.15) is 37.8 Å². The van der Waals surface area contributed by atoms with Crippen LogP contribution in [0.15, 0.2) is 18.3 Å². The molecule has 0 amide bonds. The topological polar surface area (TPSA) is 20.2 Å². The monoisotopic (exact) mass is 217 g/mol. The van der Waals surface area contributed by atoms with Crippen LogP contribution in [0, 0.1) is 5.92 Å². The fourth-order valence-electron chi connectivity index (χ4n) is 3.90. The van der Waals surface area contributed by atoms with Crippen LogP contribution in [0.3, 0.4) is 0 Å². The second kappa shape index (κ2) is 3.27. The van der Waals surface area contributed by atoms with Crippen molar-refractivity contribution in [3.63, 3.8) is 0 Å². The minimum absolute atomic E-state index is 0.741. The Morgan fingerprint density at radius 3 is 3.12 bits per heavy atom. The van der Waals surface area contributed by atoms with E-state index in [-0.39, 0.29) is 0 Å². The van der Waals surface area contributed by atoms with Crippen molar-refractivity contribution in [3.05, 3.63) is 24.0 Å². The summed E-state index contributed by atoms with van der Waals surface area (Å²) < 4.78 is 2.34. The number of hydrazine groups is 1. The SMILES string of the molecule is c1cc2n(c1)N1NC3CCCCC3C1CC2. The van der Waals surface area contributed by atoms with Crippen LogP contribution in [0.5, 0.6) is 0 Å². The summed E-state index contributed by atoms with van der Waals surface area (Å²) in [6.07, 6.45) is 10.4. The highest BCUT2D eigenvalue weighted by Gasteiger charge is 2.44. The zero-order valence-electron chi connectivity index (χ0n) is 9.60. The molecule has 1 N–H and O–H groups in total. The fraction of sp³-hybridized carbons (Fsp3) is 0.692. The minimum atomic E-state index is 0.741. The van der Waals surface area contributed by atoms with Crippen molar-refractivity contribution in [2.24, 2.45) is 5.92 Å². The van der Waals surface area contributed by atoms with Crippen LogP contribution in [-0.2, 0) is 6.42 Å². The van der Waals surface area contributed by atoms with Crippen molar-refractivity contribution in [1.29, 1.82) is 0 Å². The zero-order valence-corrected chi connectivity index (χ0v) is 9.60. The largest absolute Gasteiger partial charge is 0.255 e. The Morgan fingerprint density at radius 1 is 1.19 bits per heavy atom. The van der Waals surface area contributed by atoms with Gasteiger partial charge in [-0.05, 0) is 43.7 Å². The summed E-state index contributed by atoms with van der Waals surface area (Å²) in [5, 5.41) is 2.42. The molecule has 4 rings (SSSR count). The average Bonchev–Trinajstić information content (AvgIpc) is 2.92. The fourth-order valence-corrected chi connectivity index (χ4v) is 3.90. The summed E-state index contributed by atoms with van der Waals surface area (Å²) in [4.78, 5) is 0. The number of aromatic nitrogens is 1. The van der Waals surface area contributed by atoms with Gasteiger partial charge in [0.05, 0.1) is 6.04 Å². The number of hydrogen-bond acceptors (Lipinski definition) is 2. The third-order valence-electron chi connectivity index (χ3n) is 4.66. The minimum Gasteiger partial charge on any atom is -0.255 e. The number of nitrogens with one attached hydrogen (secondary N) is 1. The maximum atomic E-state index is 3.73. The highest BCUT2D eigenvalue weighted by molar-refractivity contribution is 5.19. The van der Waals surface area contributed by atoms with Gasteiger partial charge in [-0.1, -0.05) is 12.8 Å². The van der Waals surface area contributed by atoms with E-state index in [1.807, 2.05) is 0 Å². The van der Waals surface area contributed by atoms with E-state index in [1.54, 1.807) is 0 Å². The van der Waals surface area contributed by atoms with Crippen LogP contribution in [-0.4, -0.2) is 16.8 Å². The predicted octanol–water partition coefficient (Wildman–Crippen LogP) is 1.82. The molecule has 1 aromatic heterocycles. The highest BCUT2D eigenvalue weighted by Crippen LogP contribution is 2.37.